The standard InChI is InChI=1S/C33H61N2O6P/c1-6-7-8-9-10-11-12-13-14-15-16-17-18-22-26-39-30-33(41-42(37,38)40-27-25-35(3,4)5)29-34(31(2)36)28-32-23-20-19-21-24-32/h19-21,23-24,33H,6-18,22,25-30H2,1-5H3. The van der Waals surface area contributed by atoms with Crippen LogP contribution in [0.5, 0.6) is 0 Å². The molecule has 1 amide bonds. The minimum Gasteiger partial charge on any atom is -0.756 e. The zero-order valence-electron chi connectivity index (χ0n) is 27.4. The minimum absolute atomic E-state index is 0.0251. The summed E-state index contributed by atoms with van der Waals surface area (Å²) in [7, 11) is 1.31. The van der Waals surface area contributed by atoms with E-state index < -0.39 is 13.9 Å². The molecule has 0 saturated heterocycles. The zero-order valence-corrected chi connectivity index (χ0v) is 28.3. The number of carbonyl (C=O) groups excluding carboxylic acids is 1. The number of amides is 1. The Bertz CT molecular complexity index is 849. The van der Waals surface area contributed by atoms with Crippen LogP contribution in [0, 0.1) is 0 Å². The largest absolute Gasteiger partial charge is 0.756 e. The molecular formula is C33H61N2O6P. The predicted octanol–water partition coefficient (Wildman–Crippen LogP) is 7.11. The zero-order chi connectivity index (χ0) is 31.1. The topological polar surface area (TPSA) is 88.1 Å². The van der Waals surface area contributed by atoms with E-state index in [9.17, 15) is 14.3 Å². The lowest BCUT2D eigenvalue weighted by Gasteiger charge is -2.32. The van der Waals surface area contributed by atoms with Crippen molar-refractivity contribution in [3.05, 3.63) is 35.9 Å². The molecule has 42 heavy (non-hydrogen) atoms. The van der Waals surface area contributed by atoms with Crippen molar-refractivity contribution in [2.24, 2.45) is 0 Å². The van der Waals surface area contributed by atoms with E-state index >= 15 is 0 Å². The van der Waals surface area contributed by atoms with Crippen molar-refractivity contribution in [3.63, 3.8) is 0 Å². The molecule has 1 aromatic rings. The van der Waals surface area contributed by atoms with Crippen LogP contribution >= 0.6 is 7.82 Å². The van der Waals surface area contributed by atoms with E-state index in [0.717, 1.165) is 18.4 Å². The van der Waals surface area contributed by atoms with Crippen molar-refractivity contribution in [1.29, 1.82) is 0 Å². The van der Waals surface area contributed by atoms with Crippen LogP contribution in [0.15, 0.2) is 30.3 Å². The maximum atomic E-state index is 12.6. The van der Waals surface area contributed by atoms with Crippen molar-refractivity contribution in [2.75, 3.05) is 54.1 Å². The molecular weight excluding hydrogens is 551 g/mol. The van der Waals surface area contributed by atoms with Gasteiger partial charge in [-0.1, -0.05) is 121 Å². The highest BCUT2D eigenvalue weighted by atomic mass is 31.2. The molecule has 0 fully saturated rings. The normalized spacial score (nSPS) is 14.0. The lowest BCUT2D eigenvalue weighted by atomic mass is 10.0. The first-order valence-electron chi connectivity index (χ1n) is 16.3. The molecule has 1 aromatic carbocycles. The quantitative estimate of drug-likeness (QED) is 0.0598. The Balaban J connectivity index is 2.41. The summed E-state index contributed by atoms with van der Waals surface area (Å²) in [6.45, 7) is 5.34. The number of phosphoric ester groups is 1. The maximum absolute atomic E-state index is 12.6. The molecule has 0 N–H and O–H groups in total. The highest BCUT2D eigenvalue weighted by Crippen LogP contribution is 2.40. The van der Waals surface area contributed by atoms with Gasteiger partial charge in [0, 0.05) is 26.6 Å². The smallest absolute Gasteiger partial charge is 0.268 e. The summed E-state index contributed by atoms with van der Waals surface area (Å²) >= 11 is 0. The van der Waals surface area contributed by atoms with Crippen molar-refractivity contribution in [2.45, 2.75) is 116 Å². The fourth-order valence-corrected chi connectivity index (χ4v) is 5.58. The molecule has 2 atom stereocenters. The van der Waals surface area contributed by atoms with Crippen molar-refractivity contribution in [1.82, 2.24) is 4.90 Å². The van der Waals surface area contributed by atoms with Gasteiger partial charge in [0.05, 0.1) is 27.7 Å². The average Bonchev–Trinajstić information content (AvgIpc) is 2.91. The van der Waals surface area contributed by atoms with E-state index in [1.807, 2.05) is 51.5 Å². The van der Waals surface area contributed by atoms with Crippen LogP contribution in [0.25, 0.3) is 0 Å². The Kier molecular flexibility index (Phi) is 21.4. The monoisotopic (exact) mass is 612 g/mol. The molecule has 0 aliphatic carbocycles. The van der Waals surface area contributed by atoms with Crippen molar-refractivity contribution in [3.8, 4) is 0 Å². The number of hydrogen-bond acceptors (Lipinski definition) is 6. The minimum atomic E-state index is -4.57. The molecule has 0 spiro atoms. The lowest BCUT2D eigenvalue weighted by Crippen LogP contribution is -2.40. The number of likely N-dealkylation sites (N-methyl/N-ethyl adjacent to an activating group) is 1. The van der Waals surface area contributed by atoms with Crippen LogP contribution in [-0.2, 0) is 29.7 Å². The predicted molar refractivity (Wildman–Crippen MR) is 170 cm³/mol. The third-order valence-electron chi connectivity index (χ3n) is 7.32. The number of rotatable bonds is 27. The second kappa shape index (κ2) is 23.1. The Hall–Kier alpha value is -1.28. The fourth-order valence-electron chi connectivity index (χ4n) is 4.72. The van der Waals surface area contributed by atoms with Gasteiger partial charge in [0.15, 0.2) is 0 Å². The number of ether oxygens (including phenoxy) is 1. The number of hydrogen-bond donors (Lipinski definition) is 0. The van der Waals surface area contributed by atoms with E-state index in [1.54, 1.807) is 4.90 Å². The molecule has 1 rings (SSSR count). The molecule has 0 bridgehead atoms. The van der Waals surface area contributed by atoms with Gasteiger partial charge in [-0.2, -0.15) is 0 Å². The summed E-state index contributed by atoms with van der Waals surface area (Å²) in [6, 6.07) is 9.61. The summed E-state index contributed by atoms with van der Waals surface area (Å²) in [6.07, 6.45) is 17.2. The van der Waals surface area contributed by atoms with E-state index in [-0.39, 0.29) is 25.7 Å². The summed E-state index contributed by atoms with van der Waals surface area (Å²) in [5.41, 5.74) is 0.958. The van der Waals surface area contributed by atoms with Gasteiger partial charge in [0.1, 0.15) is 19.3 Å². The van der Waals surface area contributed by atoms with Crippen LogP contribution in [0.3, 0.4) is 0 Å². The Morgan fingerprint density at radius 3 is 1.88 bits per heavy atom. The van der Waals surface area contributed by atoms with Gasteiger partial charge >= 0.3 is 0 Å². The third-order valence-corrected chi connectivity index (χ3v) is 8.38. The second-order valence-corrected chi connectivity index (χ2v) is 13.9. The Labute approximate surface area is 257 Å². The number of unbranched alkanes of at least 4 members (excludes halogenated alkanes) is 13. The van der Waals surface area contributed by atoms with Crippen LogP contribution in [0.4, 0.5) is 0 Å². The Morgan fingerprint density at radius 1 is 0.857 bits per heavy atom. The van der Waals surface area contributed by atoms with Gasteiger partial charge in [0.25, 0.3) is 7.82 Å². The molecule has 2 unspecified atom stereocenters. The van der Waals surface area contributed by atoms with Crippen LogP contribution in [0.1, 0.15) is 109 Å². The summed E-state index contributed by atoms with van der Waals surface area (Å²) < 4.78 is 29.6. The number of carbonyl (C=O) groups is 1. The highest BCUT2D eigenvalue weighted by molar-refractivity contribution is 7.45. The first-order valence-corrected chi connectivity index (χ1v) is 17.8. The van der Waals surface area contributed by atoms with Gasteiger partial charge in [-0.25, -0.2) is 0 Å². The summed E-state index contributed by atoms with van der Waals surface area (Å²) in [5, 5.41) is 0. The number of phosphoric acid groups is 1. The lowest BCUT2D eigenvalue weighted by molar-refractivity contribution is -0.870. The van der Waals surface area contributed by atoms with Gasteiger partial charge in [-0.15, -0.1) is 0 Å². The molecule has 8 nitrogen and oxygen atoms in total. The van der Waals surface area contributed by atoms with Gasteiger partial charge in [-0.3, -0.25) is 9.36 Å². The fraction of sp³-hybridized carbons (Fsp3) is 0.788. The van der Waals surface area contributed by atoms with Crippen LogP contribution in [-0.4, -0.2) is 75.4 Å². The Morgan fingerprint density at radius 2 is 1.38 bits per heavy atom. The number of benzene rings is 1. The summed E-state index contributed by atoms with van der Waals surface area (Å²) in [4.78, 5) is 26.6. The van der Waals surface area contributed by atoms with Gasteiger partial charge < -0.3 is 28.1 Å². The van der Waals surface area contributed by atoms with E-state index in [4.69, 9.17) is 13.8 Å². The molecule has 0 saturated carbocycles. The second-order valence-electron chi connectivity index (χ2n) is 12.6. The number of quaternary nitrogens is 1. The molecule has 244 valence electrons. The molecule has 0 aliphatic heterocycles. The van der Waals surface area contributed by atoms with Gasteiger partial charge in [-0.05, 0) is 12.0 Å². The van der Waals surface area contributed by atoms with E-state index in [1.165, 1.54) is 84.0 Å². The molecule has 0 radical (unpaired) electrons. The number of nitrogens with zero attached hydrogens (tertiary/aromatic N) is 2. The maximum Gasteiger partial charge on any atom is 0.268 e. The van der Waals surface area contributed by atoms with Crippen LogP contribution < -0.4 is 4.89 Å². The average molecular weight is 613 g/mol. The van der Waals surface area contributed by atoms with E-state index in [0.29, 0.717) is 24.2 Å². The van der Waals surface area contributed by atoms with Crippen molar-refractivity contribution >= 4 is 13.7 Å². The van der Waals surface area contributed by atoms with Crippen molar-refractivity contribution < 1.29 is 32.5 Å². The van der Waals surface area contributed by atoms with Gasteiger partial charge in [0.2, 0.25) is 5.91 Å². The highest BCUT2D eigenvalue weighted by Gasteiger charge is 2.24. The summed E-state index contributed by atoms with van der Waals surface area (Å²) in [5.74, 6) is -0.161. The molecule has 0 aromatic heterocycles. The SMILES string of the molecule is CCCCCCCCCCCCCCCCOCC(CN(Cc1ccccc1)C(C)=O)OP(=O)([O-])OCC[N+](C)(C)C. The molecule has 0 heterocycles. The van der Waals surface area contributed by atoms with Crippen LogP contribution in [0.2, 0.25) is 0 Å². The van der Waals surface area contributed by atoms with E-state index in [2.05, 4.69) is 6.92 Å². The first kappa shape index (κ1) is 38.7. The first-order chi connectivity index (χ1) is 20.0. The molecule has 0 aliphatic rings. The molecule has 9 heteroatoms. The third kappa shape index (κ3) is 22.3.